The highest BCUT2D eigenvalue weighted by molar-refractivity contribution is 5.81. The molecule has 0 aromatic carbocycles. The van der Waals surface area contributed by atoms with Crippen molar-refractivity contribution in [2.24, 2.45) is 0 Å². The third kappa shape index (κ3) is 5.07. The zero-order valence-electron chi connectivity index (χ0n) is 12.1. The van der Waals surface area contributed by atoms with Crippen LogP contribution in [0.1, 0.15) is 26.7 Å². The van der Waals surface area contributed by atoms with Crippen LogP contribution in [0.15, 0.2) is 0 Å². The van der Waals surface area contributed by atoms with Gasteiger partial charge in [-0.2, -0.15) is 0 Å². The van der Waals surface area contributed by atoms with E-state index >= 15 is 0 Å². The van der Waals surface area contributed by atoms with E-state index in [1.165, 1.54) is 0 Å². The first-order valence-corrected chi connectivity index (χ1v) is 6.93. The highest BCUT2D eigenvalue weighted by Gasteiger charge is 2.24. The van der Waals surface area contributed by atoms with Gasteiger partial charge < -0.3 is 19.3 Å². The summed E-state index contributed by atoms with van der Waals surface area (Å²) in [6.45, 7) is 6.03. The number of hydrogen-bond donors (Lipinski definition) is 0. The van der Waals surface area contributed by atoms with Gasteiger partial charge in [-0.1, -0.05) is 0 Å². The fourth-order valence-electron chi connectivity index (χ4n) is 1.95. The Balaban J connectivity index is 2.28. The van der Waals surface area contributed by atoms with E-state index in [-0.39, 0.29) is 30.8 Å². The van der Waals surface area contributed by atoms with E-state index in [1.54, 1.807) is 23.6 Å². The molecular weight excluding hydrogens is 264 g/mol. The maximum absolute atomic E-state index is 11.9. The minimum Gasteiger partial charge on any atom is -0.466 e. The van der Waals surface area contributed by atoms with Crippen molar-refractivity contribution in [1.29, 1.82) is 0 Å². The van der Waals surface area contributed by atoms with Crippen LogP contribution < -0.4 is 0 Å². The fourth-order valence-corrected chi connectivity index (χ4v) is 1.95. The quantitative estimate of drug-likeness (QED) is 0.693. The summed E-state index contributed by atoms with van der Waals surface area (Å²) in [7, 11) is 0. The molecule has 114 valence electrons. The van der Waals surface area contributed by atoms with Crippen LogP contribution in [0.4, 0.5) is 4.79 Å². The molecule has 0 radical (unpaired) electrons. The number of carbonyl (C=O) groups excluding carboxylic acids is 3. The smallest absolute Gasteiger partial charge is 0.409 e. The Morgan fingerprint density at radius 2 is 1.40 bits per heavy atom. The van der Waals surface area contributed by atoms with Gasteiger partial charge in [0.25, 0.3) is 0 Å². The van der Waals surface area contributed by atoms with E-state index in [1.807, 2.05) is 0 Å². The number of piperazine rings is 1. The highest BCUT2D eigenvalue weighted by atomic mass is 16.6. The second-order valence-electron chi connectivity index (χ2n) is 4.37. The molecule has 0 unspecified atom stereocenters. The minimum atomic E-state index is -0.356. The van der Waals surface area contributed by atoms with E-state index in [9.17, 15) is 14.4 Å². The molecule has 1 saturated heterocycles. The first kappa shape index (κ1) is 16.3. The molecule has 20 heavy (non-hydrogen) atoms. The van der Waals surface area contributed by atoms with E-state index in [4.69, 9.17) is 9.47 Å². The second kappa shape index (κ2) is 8.39. The van der Waals surface area contributed by atoms with Gasteiger partial charge in [-0.05, 0) is 13.8 Å². The molecule has 0 aromatic heterocycles. The van der Waals surface area contributed by atoms with E-state index < -0.39 is 0 Å². The van der Waals surface area contributed by atoms with Crippen molar-refractivity contribution < 1.29 is 23.9 Å². The zero-order chi connectivity index (χ0) is 15.0. The maximum atomic E-state index is 11.9. The molecule has 1 aliphatic rings. The molecule has 0 saturated carbocycles. The van der Waals surface area contributed by atoms with Crippen LogP contribution in [0, 0.1) is 0 Å². The Labute approximate surface area is 118 Å². The van der Waals surface area contributed by atoms with Gasteiger partial charge >= 0.3 is 12.1 Å². The normalized spacial score (nSPS) is 14.9. The van der Waals surface area contributed by atoms with Gasteiger partial charge in [-0.25, -0.2) is 4.79 Å². The Morgan fingerprint density at radius 3 is 1.95 bits per heavy atom. The Morgan fingerprint density at radius 1 is 0.850 bits per heavy atom. The van der Waals surface area contributed by atoms with E-state index in [0.29, 0.717) is 39.4 Å². The molecular formula is C13H22N2O5. The molecule has 0 aliphatic carbocycles. The van der Waals surface area contributed by atoms with Crippen LogP contribution >= 0.6 is 0 Å². The number of amides is 2. The lowest BCUT2D eigenvalue weighted by Gasteiger charge is -2.34. The summed E-state index contributed by atoms with van der Waals surface area (Å²) >= 11 is 0. The van der Waals surface area contributed by atoms with E-state index in [0.717, 1.165) is 0 Å². The molecule has 0 spiro atoms. The average molecular weight is 286 g/mol. The van der Waals surface area contributed by atoms with Gasteiger partial charge in [0.05, 0.1) is 19.6 Å². The van der Waals surface area contributed by atoms with E-state index in [2.05, 4.69) is 0 Å². The number of ether oxygens (including phenoxy) is 2. The lowest BCUT2D eigenvalue weighted by atomic mass is 10.2. The first-order chi connectivity index (χ1) is 9.58. The summed E-state index contributed by atoms with van der Waals surface area (Å²) in [5.74, 6) is -0.437. The number of nitrogens with zero attached hydrogens (tertiary/aromatic N) is 2. The lowest BCUT2D eigenvalue weighted by molar-refractivity contribution is -0.146. The first-order valence-electron chi connectivity index (χ1n) is 6.93. The molecule has 0 atom stereocenters. The van der Waals surface area contributed by atoms with Crippen molar-refractivity contribution in [3.63, 3.8) is 0 Å². The summed E-state index contributed by atoms with van der Waals surface area (Å²) in [6, 6.07) is 0. The third-order valence-corrected chi connectivity index (χ3v) is 3.01. The Kier molecular flexibility index (Phi) is 6.83. The van der Waals surface area contributed by atoms with Crippen LogP contribution in [0.25, 0.3) is 0 Å². The van der Waals surface area contributed by atoms with Gasteiger partial charge in [0.2, 0.25) is 5.91 Å². The van der Waals surface area contributed by atoms with Crippen molar-refractivity contribution in [3.8, 4) is 0 Å². The SMILES string of the molecule is CCOC(=O)CCC(=O)N1CCN(C(=O)OCC)CC1. The predicted molar refractivity (Wildman–Crippen MR) is 71.0 cm³/mol. The molecule has 7 nitrogen and oxygen atoms in total. The van der Waals surface area contributed by atoms with Gasteiger partial charge in [-0.15, -0.1) is 0 Å². The number of rotatable bonds is 5. The molecule has 1 fully saturated rings. The summed E-state index contributed by atoms with van der Waals surface area (Å²) in [4.78, 5) is 37.8. The lowest BCUT2D eigenvalue weighted by Crippen LogP contribution is -2.50. The fraction of sp³-hybridized carbons (Fsp3) is 0.769. The van der Waals surface area contributed by atoms with Gasteiger partial charge in [-0.3, -0.25) is 9.59 Å². The summed E-state index contributed by atoms with van der Waals surface area (Å²) < 4.78 is 9.68. The maximum Gasteiger partial charge on any atom is 0.409 e. The predicted octanol–water partition coefficient (Wildman–Crippen LogP) is 0.630. The van der Waals surface area contributed by atoms with Crippen LogP contribution in [-0.2, 0) is 19.1 Å². The zero-order valence-corrected chi connectivity index (χ0v) is 12.1. The van der Waals surface area contributed by atoms with Gasteiger partial charge in [0, 0.05) is 32.6 Å². The molecule has 0 bridgehead atoms. The standard InChI is InChI=1S/C13H22N2O5/c1-3-19-12(17)6-5-11(16)14-7-9-15(10-8-14)13(18)20-4-2/h3-10H2,1-2H3. The van der Waals surface area contributed by atoms with Crippen LogP contribution in [0.2, 0.25) is 0 Å². The number of esters is 1. The Bertz CT molecular complexity index is 351. The molecule has 1 heterocycles. The number of hydrogen-bond acceptors (Lipinski definition) is 5. The van der Waals surface area contributed by atoms with Gasteiger partial charge in [0.15, 0.2) is 0 Å². The highest BCUT2D eigenvalue weighted by Crippen LogP contribution is 2.07. The van der Waals surface area contributed by atoms with Crippen LogP contribution in [0.5, 0.6) is 0 Å². The average Bonchev–Trinajstić information content (AvgIpc) is 2.45. The molecule has 1 rings (SSSR count). The topological polar surface area (TPSA) is 76.2 Å². The summed E-state index contributed by atoms with van der Waals surface area (Å²) in [5, 5.41) is 0. The third-order valence-electron chi connectivity index (χ3n) is 3.01. The number of carbonyl (C=O) groups is 3. The van der Waals surface area contributed by atoms with Crippen LogP contribution in [-0.4, -0.2) is 67.2 Å². The Hall–Kier alpha value is -1.79. The van der Waals surface area contributed by atoms with Crippen molar-refractivity contribution in [2.75, 3.05) is 39.4 Å². The molecule has 0 aromatic rings. The molecule has 7 heteroatoms. The van der Waals surface area contributed by atoms with Crippen LogP contribution in [0.3, 0.4) is 0 Å². The molecule has 0 N–H and O–H groups in total. The summed E-state index contributed by atoms with van der Waals surface area (Å²) in [5.41, 5.74) is 0. The molecule has 1 aliphatic heterocycles. The van der Waals surface area contributed by atoms with Crippen molar-refractivity contribution >= 4 is 18.0 Å². The van der Waals surface area contributed by atoms with Crippen molar-refractivity contribution in [1.82, 2.24) is 9.80 Å². The minimum absolute atomic E-state index is 0.0819. The largest absolute Gasteiger partial charge is 0.466 e. The second-order valence-corrected chi connectivity index (χ2v) is 4.37. The van der Waals surface area contributed by atoms with Gasteiger partial charge in [0.1, 0.15) is 0 Å². The summed E-state index contributed by atoms with van der Waals surface area (Å²) in [6.07, 6.45) is -0.0886. The van der Waals surface area contributed by atoms with Crippen molar-refractivity contribution in [3.05, 3.63) is 0 Å². The monoisotopic (exact) mass is 286 g/mol. The molecule has 2 amide bonds. The van der Waals surface area contributed by atoms with Crippen molar-refractivity contribution in [2.45, 2.75) is 26.7 Å².